The van der Waals surface area contributed by atoms with Gasteiger partial charge in [0.25, 0.3) is 0 Å². The van der Waals surface area contributed by atoms with E-state index >= 15 is 0 Å². The molecule has 0 heterocycles. The summed E-state index contributed by atoms with van der Waals surface area (Å²) in [4.78, 5) is 0. The normalized spacial score (nSPS) is 14.4. The Morgan fingerprint density at radius 2 is 1.00 bits per heavy atom. The van der Waals surface area contributed by atoms with Gasteiger partial charge in [-0.15, -0.1) is 0 Å². The number of rotatable bonds is 0. The first-order valence-electron chi connectivity index (χ1n) is 11.0. The summed E-state index contributed by atoms with van der Waals surface area (Å²) in [6.07, 6.45) is 0. The smallest absolute Gasteiger partial charge is 0.0165 e. The van der Waals surface area contributed by atoms with Crippen LogP contribution in [0.1, 0.15) is 25.0 Å². The highest BCUT2D eigenvalue weighted by atomic mass is 14.4. The zero-order valence-corrected chi connectivity index (χ0v) is 17.7. The van der Waals surface area contributed by atoms with E-state index < -0.39 is 0 Å². The lowest BCUT2D eigenvalue weighted by atomic mass is 9.79. The van der Waals surface area contributed by atoms with Gasteiger partial charge in [0.1, 0.15) is 0 Å². The molecule has 146 valence electrons. The summed E-state index contributed by atoms with van der Waals surface area (Å²) in [6, 6.07) is 36.2. The third-order valence-electron chi connectivity index (χ3n) is 7.34. The Hall–Kier alpha value is -3.64. The molecule has 0 nitrogen and oxygen atoms in total. The summed E-state index contributed by atoms with van der Waals surface area (Å²) >= 11 is 0. The van der Waals surface area contributed by atoms with Crippen molar-refractivity contribution in [3.63, 3.8) is 0 Å². The number of hydrogen-bond donors (Lipinski definition) is 0. The van der Waals surface area contributed by atoms with Crippen LogP contribution in [0.15, 0.2) is 97.1 Å². The van der Waals surface area contributed by atoms with Gasteiger partial charge in [-0.05, 0) is 89.6 Å². The van der Waals surface area contributed by atoms with Gasteiger partial charge in [0, 0.05) is 5.41 Å². The Bertz CT molecular complexity index is 1700. The molecule has 1 aliphatic rings. The monoisotopic (exact) mass is 394 g/mol. The van der Waals surface area contributed by atoms with E-state index in [9.17, 15) is 0 Å². The van der Waals surface area contributed by atoms with Gasteiger partial charge in [-0.25, -0.2) is 0 Å². The van der Waals surface area contributed by atoms with Crippen molar-refractivity contribution in [1.29, 1.82) is 0 Å². The predicted octanol–water partition coefficient (Wildman–Crippen LogP) is 8.61. The lowest BCUT2D eigenvalue weighted by molar-refractivity contribution is 0.667. The van der Waals surface area contributed by atoms with Crippen LogP contribution in [0.4, 0.5) is 0 Å². The zero-order chi connectivity index (χ0) is 20.7. The molecule has 31 heavy (non-hydrogen) atoms. The van der Waals surface area contributed by atoms with Crippen LogP contribution < -0.4 is 0 Å². The van der Waals surface area contributed by atoms with E-state index in [1.165, 1.54) is 65.3 Å². The molecule has 0 unspecified atom stereocenters. The van der Waals surface area contributed by atoms with Crippen LogP contribution in [0.25, 0.3) is 54.2 Å². The molecular formula is C31H22. The molecule has 0 amide bonds. The van der Waals surface area contributed by atoms with Crippen molar-refractivity contribution < 1.29 is 0 Å². The van der Waals surface area contributed by atoms with Crippen LogP contribution in [0.5, 0.6) is 0 Å². The molecule has 0 bridgehead atoms. The van der Waals surface area contributed by atoms with Crippen LogP contribution in [0.2, 0.25) is 0 Å². The van der Waals surface area contributed by atoms with Gasteiger partial charge in [-0.3, -0.25) is 0 Å². The average molecular weight is 395 g/mol. The second kappa shape index (κ2) is 5.74. The first-order valence-corrected chi connectivity index (χ1v) is 11.0. The Morgan fingerprint density at radius 3 is 1.65 bits per heavy atom. The molecule has 0 aliphatic heterocycles. The van der Waals surface area contributed by atoms with Gasteiger partial charge in [0.15, 0.2) is 0 Å². The predicted molar refractivity (Wildman–Crippen MR) is 134 cm³/mol. The van der Waals surface area contributed by atoms with Crippen molar-refractivity contribution >= 4 is 43.1 Å². The molecule has 0 aromatic heterocycles. The van der Waals surface area contributed by atoms with Crippen LogP contribution in [0, 0.1) is 0 Å². The maximum absolute atomic E-state index is 2.40. The molecule has 6 aromatic rings. The first-order chi connectivity index (χ1) is 15.1. The van der Waals surface area contributed by atoms with Gasteiger partial charge < -0.3 is 0 Å². The number of benzene rings is 6. The summed E-state index contributed by atoms with van der Waals surface area (Å²) in [5.74, 6) is 0. The standard InChI is InChI=1S/C31H22/c1-31(2)28-14-12-23-15-19-7-3-5-9-21(19)17-26(23)29(28)25-13-11-24-16-20-8-4-6-10-22(20)18-27(24)30(25)31/h3-18H,1-2H3. The van der Waals surface area contributed by atoms with Crippen molar-refractivity contribution in [2.75, 3.05) is 0 Å². The van der Waals surface area contributed by atoms with Crippen LogP contribution in [-0.2, 0) is 5.41 Å². The Morgan fingerprint density at radius 1 is 0.484 bits per heavy atom. The summed E-state index contributed by atoms with van der Waals surface area (Å²) < 4.78 is 0. The molecule has 7 rings (SSSR count). The number of hydrogen-bond acceptors (Lipinski definition) is 0. The first kappa shape index (κ1) is 17.1. The molecule has 0 saturated heterocycles. The summed E-state index contributed by atoms with van der Waals surface area (Å²) in [7, 11) is 0. The number of fused-ring (bicyclic) bond motifs is 9. The van der Waals surface area contributed by atoms with Gasteiger partial charge in [0.2, 0.25) is 0 Å². The highest BCUT2D eigenvalue weighted by Gasteiger charge is 2.37. The molecular weight excluding hydrogens is 372 g/mol. The fraction of sp³-hybridized carbons (Fsp3) is 0.0968. The van der Waals surface area contributed by atoms with Crippen molar-refractivity contribution in [2.45, 2.75) is 19.3 Å². The van der Waals surface area contributed by atoms with E-state index in [-0.39, 0.29) is 5.41 Å². The quantitative estimate of drug-likeness (QED) is 0.226. The van der Waals surface area contributed by atoms with Gasteiger partial charge >= 0.3 is 0 Å². The molecule has 0 radical (unpaired) electrons. The average Bonchev–Trinajstić information content (AvgIpc) is 3.03. The molecule has 6 aromatic carbocycles. The van der Waals surface area contributed by atoms with Crippen molar-refractivity contribution in [2.24, 2.45) is 0 Å². The largest absolute Gasteiger partial charge is 0.0616 e. The maximum atomic E-state index is 2.40. The fourth-order valence-electron chi connectivity index (χ4n) is 5.86. The SMILES string of the molecule is CC1(C)c2ccc3cc4ccccc4cc3c2-c2ccc3cc4ccccc4cc3c21. The van der Waals surface area contributed by atoms with E-state index in [1.807, 2.05) is 0 Å². The molecule has 0 fully saturated rings. The van der Waals surface area contributed by atoms with Crippen molar-refractivity contribution in [3.8, 4) is 11.1 Å². The van der Waals surface area contributed by atoms with Gasteiger partial charge in [0.05, 0.1) is 0 Å². The molecule has 1 aliphatic carbocycles. The molecule has 0 N–H and O–H groups in total. The minimum absolute atomic E-state index is 0.0352. The lowest BCUT2D eigenvalue weighted by Gasteiger charge is -2.23. The Balaban J connectivity index is 1.64. The minimum atomic E-state index is -0.0352. The van der Waals surface area contributed by atoms with E-state index in [1.54, 1.807) is 0 Å². The van der Waals surface area contributed by atoms with Crippen LogP contribution in [0.3, 0.4) is 0 Å². The highest BCUT2D eigenvalue weighted by molar-refractivity contribution is 6.11. The molecule has 0 saturated carbocycles. The third-order valence-corrected chi connectivity index (χ3v) is 7.34. The molecule has 0 heteroatoms. The summed E-state index contributed by atoms with van der Waals surface area (Å²) in [5.41, 5.74) is 5.67. The van der Waals surface area contributed by atoms with Crippen LogP contribution >= 0.6 is 0 Å². The summed E-state index contributed by atoms with van der Waals surface area (Å²) in [5, 5.41) is 10.6. The van der Waals surface area contributed by atoms with E-state index in [2.05, 4.69) is 111 Å². The third kappa shape index (κ3) is 2.20. The van der Waals surface area contributed by atoms with Crippen molar-refractivity contribution in [3.05, 3.63) is 108 Å². The van der Waals surface area contributed by atoms with E-state index in [0.717, 1.165) is 0 Å². The van der Waals surface area contributed by atoms with Gasteiger partial charge in [-0.1, -0.05) is 86.6 Å². The Kier molecular flexibility index (Phi) is 3.16. The lowest BCUT2D eigenvalue weighted by Crippen LogP contribution is -2.15. The topological polar surface area (TPSA) is 0 Å². The van der Waals surface area contributed by atoms with Crippen molar-refractivity contribution in [1.82, 2.24) is 0 Å². The van der Waals surface area contributed by atoms with Crippen LogP contribution in [-0.4, -0.2) is 0 Å². The maximum Gasteiger partial charge on any atom is 0.0165 e. The zero-order valence-electron chi connectivity index (χ0n) is 17.7. The Labute approximate surface area is 181 Å². The highest BCUT2D eigenvalue weighted by Crippen LogP contribution is 2.54. The van der Waals surface area contributed by atoms with Gasteiger partial charge in [-0.2, -0.15) is 0 Å². The fourth-order valence-corrected chi connectivity index (χ4v) is 5.86. The second-order valence-electron chi connectivity index (χ2n) is 9.44. The second-order valence-corrected chi connectivity index (χ2v) is 9.44. The minimum Gasteiger partial charge on any atom is -0.0616 e. The molecule has 0 atom stereocenters. The van der Waals surface area contributed by atoms with E-state index in [4.69, 9.17) is 0 Å². The molecule has 0 spiro atoms. The van der Waals surface area contributed by atoms with E-state index in [0.29, 0.717) is 0 Å². The summed E-state index contributed by atoms with van der Waals surface area (Å²) in [6.45, 7) is 4.78.